The minimum atomic E-state index is -4.39. The lowest BCUT2D eigenvalue weighted by atomic mass is 10.2. The van der Waals surface area contributed by atoms with E-state index in [2.05, 4.69) is 5.10 Å². The van der Waals surface area contributed by atoms with E-state index in [1.54, 1.807) is 0 Å². The van der Waals surface area contributed by atoms with Crippen LogP contribution in [0.2, 0.25) is 0 Å². The molecule has 0 atom stereocenters. The minimum Gasteiger partial charge on any atom is -0.396 e. The zero-order chi connectivity index (χ0) is 10.1. The van der Waals surface area contributed by atoms with Gasteiger partial charge in [-0.15, -0.1) is 0 Å². The molecule has 0 aliphatic carbocycles. The fraction of sp³-hybridized carbons (Fsp3) is 0.571. The van der Waals surface area contributed by atoms with Crippen LogP contribution in [0, 0.1) is 0 Å². The van der Waals surface area contributed by atoms with Crippen molar-refractivity contribution in [1.82, 2.24) is 9.78 Å². The highest BCUT2D eigenvalue weighted by molar-refractivity contribution is 5.21. The Morgan fingerprint density at radius 2 is 2.15 bits per heavy atom. The van der Waals surface area contributed by atoms with Crippen molar-refractivity contribution in [1.29, 1.82) is 0 Å². The maximum atomic E-state index is 12.3. The average molecular weight is 194 g/mol. The van der Waals surface area contributed by atoms with Gasteiger partial charge in [0.1, 0.15) is 0 Å². The van der Waals surface area contributed by atoms with E-state index in [1.807, 2.05) is 0 Å². The molecule has 1 aromatic rings. The molecule has 0 spiro atoms. The zero-order valence-corrected chi connectivity index (χ0v) is 6.97. The predicted octanol–water partition coefficient (Wildman–Crippen LogP) is 0.974. The Morgan fingerprint density at radius 3 is 2.62 bits per heavy atom. The predicted molar refractivity (Wildman–Crippen MR) is 39.0 cm³/mol. The smallest absolute Gasteiger partial charge is 0.396 e. The lowest BCUT2D eigenvalue weighted by Gasteiger charge is -2.07. The number of hydrogen-bond acceptors (Lipinski definition) is 2. The molecule has 0 bridgehead atoms. The molecule has 13 heavy (non-hydrogen) atoms. The quantitative estimate of drug-likeness (QED) is 0.761. The molecule has 74 valence electrons. The molecule has 1 aromatic heterocycles. The third-order valence-corrected chi connectivity index (χ3v) is 1.72. The van der Waals surface area contributed by atoms with E-state index in [0.29, 0.717) is 0 Å². The lowest BCUT2D eigenvalue weighted by molar-refractivity contribution is -0.138. The number of aromatic nitrogens is 2. The zero-order valence-electron chi connectivity index (χ0n) is 6.97. The van der Waals surface area contributed by atoms with Gasteiger partial charge in [0.05, 0.1) is 17.5 Å². The molecule has 0 unspecified atom stereocenters. The van der Waals surface area contributed by atoms with Crippen molar-refractivity contribution in [2.24, 2.45) is 7.05 Å². The van der Waals surface area contributed by atoms with Gasteiger partial charge in [0, 0.05) is 20.1 Å². The van der Waals surface area contributed by atoms with Gasteiger partial charge in [-0.2, -0.15) is 18.3 Å². The summed E-state index contributed by atoms with van der Waals surface area (Å²) in [5.74, 6) is 0. The van der Waals surface area contributed by atoms with Crippen molar-refractivity contribution >= 4 is 0 Å². The van der Waals surface area contributed by atoms with Crippen LogP contribution in [0.5, 0.6) is 0 Å². The van der Waals surface area contributed by atoms with E-state index in [0.717, 1.165) is 10.9 Å². The highest BCUT2D eigenvalue weighted by Crippen LogP contribution is 2.31. The summed E-state index contributed by atoms with van der Waals surface area (Å²) in [5.41, 5.74) is -0.765. The van der Waals surface area contributed by atoms with E-state index in [9.17, 15) is 13.2 Å². The summed E-state index contributed by atoms with van der Waals surface area (Å²) in [6.45, 7) is -0.317. The highest BCUT2D eigenvalue weighted by atomic mass is 19.4. The van der Waals surface area contributed by atoms with E-state index in [1.165, 1.54) is 7.05 Å². The van der Waals surface area contributed by atoms with Gasteiger partial charge < -0.3 is 5.11 Å². The average Bonchev–Trinajstić information content (AvgIpc) is 2.32. The topological polar surface area (TPSA) is 38.0 Å². The summed E-state index contributed by atoms with van der Waals surface area (Å²) in [6, 6.07) is 0. The number of aliphatic hydroxyl groups excluding tert-OH is 1. The monoisotopic (exact) mass is 194 g/mol. The Hall–Kier alpha value is -1.04. The van der Waals surface area contributed by atoms with Gasteiger partial charge >= 0.3 is 6.18 Å². The molecule has 0 fully saturated rings. The molecule has 0 aromatic carbocycles. The first-order valence-electron chi connectivity index (χ1n) is 3.65. The van der Waals surface area contributed by atoms with Crippen LogP contribution in [0.4, 0.5) is 13.2 Å². The molecule has 0 amide bonds. The molecule has 1 rings (SSSR count). The van der Waals surface area contributed by atoms with E-state index in [-0.39, 0.29) is 18.7 Å². The second kappa shape index (κ2) is 3.37. The van der Waals surface area contributed by atoms with Gasteiger partial charge in [-0.1, -0.05) is 0 Å². The standard InChI is InChI=1S/C7H9F3N2O/c1-12-6(2-3-13)5(4-11-12)7(8,9)10/h4,13H,2-3H2,1H3. The molecule has 0 radical (unpaired) electrons. The summed E-state index contributed by atoms with van der Waals surface area (Å²) in [6.07, 6.45) is -3.66. The molecular weight excluding hydrogens is 185 g/mol. The van der Waals surface area contributed by atoms with Crippen LogP contribution < -0.4 is 0 Å². The number of aliphatic hydroxyl groups is 1. The van der Waals surface area contributed by atoms with Gasteiger partial charge in [-0.25, -0.2) is 0 Å². The van der Waals surface area contributed by atoms with E-state index < -0.39 is 11.7 Å². The number of aryl methyl sites for hydroxylation is 1. The van der Waals surface area contributed by atoms with Crippen LogP contribution in [0.25, 0.3) is 0 Å². The molecule has 1 N–H and O–H groups in total. The highest BCUT2D eigenvalue weighted by Gasteiger charge is 2.35. The molecule has 6 heteroatoms. The van der Waals surface area contributed by atoms with Crippen LogP contribution in [0.3, 0.4) is 0 Å². The van der Waals surface area contributed by atoms with Crippen molar-refractivity contribution in [3.8, 4) is 0 Å². The first-order valence-corrected chi connectivity index (χ1v) is 3.65. The molecule has 0 saturated heterocycles. The van der Waals surface area contributed by atoms with Crippen LogP contribution in [0.1, 0.15) is 11.3 Å². The summed E-state index contributed by atoms with van der Waals surface area (Å²) >= 11 is 0. The Bertz CT molecular complexity index is 292. The number of nitrogens with zero attached hydrogens (tertiary/aromatic N) is 2. The maximum absolute atomic E-state index is 12.3. The van der Waals surface area contributed by atoms with E-state index in [4.69, 9.17) is 5.11 Å². The Morgan fingerprint density at radius 1 is 1.54 bits per heavy atom. The Balaban J connectivity index is 3.07. The second-order valence-corrected chi connectivity index (χ2v) is 2.60. The summed E-state index contributed by atoms with van der Waals surface area (Å²) in [7, 11) is 1.42. The molecule has 0 aliphatic heterocycles. The largest absolute Gasteiger partial charge is 0.419 e. The maximum Gasteiger partial charge on any atom is 0.419 e. The minimum absolute atomic E-state index is 0.00926. The summed E-state index contributed by atoms with van der Waals surface area (Å²) in [5, 5.41) is 12.0. The second-order valence-electron chi connectivity index (χ2n) is 2.60. The van der Waals surface area contributed by atoms with Crippen LogP contribution in [-0.4, -0.2) is 21.5 Å². The fourth-order valence-electron chi connectivity index (χ4n) is 1.10. The van der Waals surface area contributed by atoms with Gasteiger partial charge in [-0.3, -0.25) is 4.68 Å². The lowest BCUT2D eigenvalue weighted by Crippen LogP contribution is -2.10. The van der Waals surface area contributed by atoms with Crippen molar-refractivity contribution < 1.29 is 18.3 Å². The Labute approximate surface area is 72.8 Å². The van der Waals surface area contributed by atoms with Crippen LogP contribution in [0.15, 0.2) is 6.20 Å². The number of halogens is 3. The van der Waals surface area contributed by atoms with Crippen molar-refractivity contribution in [3.63, 3.8) is 0 Å². The van der Waals surface area contributed by atoms with Gasteiger partial charge in [0.15, 0.2) is 0 Å². The number of hydrogen-bond donors (Lipinski definition) is 1. The normalized spacial score (nSPS) is 12.1. The van der Waals surface area contributed by atoms with Gasteiger partial charge in [-0.05, 0) is 0 Å². The fourth-order valence-corrected chi connectivity index (χ4v) is 1.10. The van der Waals surface area contributed by atoms with E-state index >= 15 is 0 Å². The molecule has 0 saturated carbocycles. The van der Waals surface area contributed by atoms with Gasteiger partial charge in [0.25, 0.3) is 0 Å². The summed E-state index contributed by atoms with van der Waals surface area (Å²) in [4.78, 5) is 0. The third kappa shape index (κ3) is 2.00. The Kier molecular flexibility index (Phi) is 2.60. The number of alkyl halides is 3. The van der Waals surface area contributed by atoms with Gasteiger partial charge in [0.2, 0.25) is 0 Å². The SMILES string of the molecule is Cn1ncc(C(F)(F)F)c1CCO. The molecular formula is C7H9F3N2O. The molecule has 0 aliphatic rings. The first-order chi connectivity index (χ1) is 5.96. The third-order valence-electron chi connectivity index (χ3n) is 1.72. The van der Waals surface area contributed by atoms with Crippen LogP contribution >= 0.6 is 0 Å². The number of rotatable bonds is 2. The molecule has 3 nitrogen and oxygen atoms in total. The van der Waals surface area contributed by atoms with Crippen molar-refractivity contribution in [2.45, 2.75) is 12.6 Å². The van der Waals surface area contributed by atoms with Crippen LogP contribution in [-0.2, 0) is 19.6 Å². The van der Waals surface area contributed by atoms with Crippen molar-refractivity contribution in [2.75, 3.05) is 6.61 Å². The summed E-state index contributed by atoms with van der Waals surface area (Å²) < 4.78 is 37.9. The van der Waals surface area contributed by atoms with Crippen molar-refractivity contribution in [3.05, 3.63) is 17.5 Å². The first kappa shape index (κ1) is 10.0. The molecule has 1 heterocycles.